The molecule has 3 nitrogen and oxygen atoms in total. The van der Waals surface area contributed by atoms with Crippen LogP contribution in [0.4, 0.5) is 0 Å². The quantitative estimate of drug-likeness (QED) is 0.599. The van der Waals surface area contributed by atoms with Crippen LogP contribution in [0.2, 0.25) is 0 Å². The van der Waals surface area contributed by atoms with Crippen LogP contribution in [-0.4, -0.2) is 25.2 Å². The molecule has 0 saturated heterocycles. The third kappa shape index (κ3) is 13.4. The van der Waals surface area contributed by atoms with Gasteiger partial charge in [0.05, 0.1) is 6.10 Å². The molecule has 0 heterocycles. The predicted molar refractivity (Wildman–Crippen MR) is 72.0 cm³/mol. The summed E-state index contributed by atoms with van der Waals surface area (Å²) < 4.78 is 5.46. The van der Waals surface area contributed by atoms with E-state index >= 15 is 0 Å². The Labute approximate surface area is 106 Å². The first-order valence-electron chi connectivity index (χ1n) is 6.90. The van der Waals surface area contributed by atoms with Crippen LogP contribution in [0.25, 0.3) is 0 Å². The number of nitrogens with one attached hydrogen (secondary N) is 1. The highest BCUT2D eigenvalue weighted by Gasteiger charge is 2.03. The molecule has 0 fully saturated rings. The number of hydrogen-bond donors (Lipinski definition) is 1. The highest BCUT2D eigenvalue weighted by Crippen LogP contribution is 2.02. The van der Waals surface area contributed by atoms with Crippen molar-refractivity contribution in [1.29, 1.82) is 0 Å². The van der Waals surface area contributed by atoms with Gasteiger partial charge in [-0.15, -0.1) is 0 Å². The summed E-state index contributed by atoms with van der Waals surface area (Å²) in [6.07, 6.45) is 5.53. The molecule has 0 aromatic carbocycles. The van der Waals surface area contributed by atoms with Crippen molar-refractivity contribution in [3.05, 3.63) is 0 Å². The SMILES string of the molecule is CC(C)CC(=O)NCCCCCCOC(C)C. The van der Waals surface area contributed by atoms with E-state index in [1.54, 1.807) is 0 Å². The van der Waals surface area contributed by atoms with Crippen LogP contribution in [0.5, 0.6) is 0 Å². The van der Waals surface area contributed by atoms with Gasteiger partial charge in [-0.3, -0.25) is 4.79 Å². The zero-order chi connectivity index (χ0) is 13.1. The molecule has 102 valence electrons. The smallest absolute Gasteiger partial charge is 0.220 e. The highest BCUT2D eigenvalue weighted by molar-refractivity contribution is 5.75. The van der Waals surface area contributed by atoms with Gasteiger partial charge in [0, 0.05) is 19.6 Å². The van der Waals surface area contributed by atoms with Crippen molar-refractivity contribution in [2.45, 2.75) is 65.9 Å². The second-order valence-electron chi connectivity index (χ2n) is 5.28. The van der Waals surface area contributed by atoms with Gasteiger partial charge in [0.1, 0.15) is 0 Å². The molecular formula is C14H29NO2. The van der Waals surface area contributed by atoms with Gasteiger partial charge in [0.25, 0.3) is 0 Å². The van der Waals surface area contributed by atoms with Crippen LogP contribution in [0.15, 0.2) is 0 Å². The Morgan fingerprint density at radius 2 is 1.71 bits per heavy atom. The number of ether oxygens (including phenoxy) is 1. The number of hydrogen-bond acceptors (Lipinski definition) is 2. The Balaban J connectivity index is 3.16. The maximum atomic E-state index is 11.3. The van der Waals surface area contributed by atoms with Gasteiger partial charge < -0.3 is 10.1 Å². The molecule has 0 radical (unpaired) electrons. The molecule has 0 aromatic heterocycles. The van der Waals surface area contributed by atoms with Crippen molar-refractivity contribution < 1.29 is 9.53 Å². The first-order chi connectivity index (χ1) is 8.02. The molecule has 17 heavy (non-hydrogen) atoms. The molecule has 1 N–H and O–H groups in total. The Hall–Kier alpha value is -0.570. The van der Waals surface area contributed by atoms with Crippen LogP contribution >= 0.6 is 0 Å². The van der Waals surface area contributed by atoms with Gasteiger partial charge in [-0.1, -0.05) is 26.7 Å². The monoisotopic (exact) mass is 243 g/mol. The summed E-state index contributed by atoms with van der Waals surface area (Å²) in [5, 5.41) is 2.95. The maximum absolute atomic E-state index is 11.3. The van der Waals surface area contributed by atoms with Gasteiger partial charge in [0.15, 0.2) is 0 Å². The fourth-order valence-electron chi connectivity index (χ4n) is 1.57. The average Bonchev–Trinajstić information content (AvgIpc) is 2.20. The molecule has 0 aliphatic rings. The summed E-state index contributed by atoms with van der Waals surface area (Å²) in [5.74, 6) is 0.631. The summed E-state index contributed by atoms with van der Waals surface area (Å²) in [4.78, 5) is 11.3. The topological polar surface area (TPSA) is 38.3 Å². The minimum atomic E-state index is 0.183. The minimum Gasteiger partial charge on any atom is -0.379 e. The summed E-state index contributed by atoms with van der Waals surface area (Å²) in [7, 11) is 0. The lowest BCUT2D eigenvalue weighted by atomic mass is 10.1. The minimum absolute atomic E-state index is 0.183. The van der Waals surface area contributed by atoms with E-state index in [1.807, 2.05) is 0 Å². The van der Waals surface area contributed by atoms with E-state index in [0.717, 1.165) is 26.0 Å². The number of carbonyl (C=O) groups excluding carboxylic acids is 1. The molecule has 0 saturated carbocycles. The Morgan fingerprint density at radius 3 is 2.29 bits per heavy atom. The van der Waals surface area contributed by atoms with E-state index in [1.165, 1.54) is 12.8 Å². The number of amides is 1. The summed E-state index contributed by atoms with van der Waals surface area (Å²) in [5.41, 5.74) is 0. The number of carbonyl (C=O) groups is 1. The summed E-state index contributed by atoms with van der Waals surface area (Å²) >= 11 is 0. The van der Waals surface area contributed by atoms with Crippen LogP contribution in [0.3, 0.4) is 0 Å². The zero-order valence-corrected chi connectivity index (χ0v) is 11.9. The lowest BCUT2D eigenvalue weighted by Gasteiger charge is -2.08. The number of unbranched alkanes of at least 4 members (excludes halogenated alkanes) is 3. The fourth-order valence-corrected chi connectivity index (χ4v) is 1.57. The molecule has 1 amide bonds. The molecule has 0 rings (SSSR count). The van der Waals surface area contributed by atoms with Crippen molar-refractivity contribution in [3.63, 3.8) is 0 Å². The maximum Gasteiger partial charge on any atom is 0.220 e. The van der Waals surface area contributed by atoms with E-state index < -0.39 is 0 Å². The lowest BCUT2D eigenvalue weighted by Crippen LogP contribution is -2.25. The van der Waals surface area contributed by atoms with E-state index in [2.05, 4.69) is 33.0 Å². The summed E-state index contributed by atoms with van der Waals surface area (Å²) in [6.45, 7) is 9.92. The highest BCUT2D eigenvalue weighted by atomic mass is 16.5. The summed E-state index contributed by atoms with van der Waals surface area (Å²) in [6, 6.07) is 0. The van der Waals surface area contributed by atoms with E-state index in [-0.39, 0.29) is 5.91 Å². The molecular weight excluding hydrogens is 214 g/mol. The van der Waals surface area contributed by atoms with Crippen LogP contribution in [0.1, 0.15) is 59.8 Å². The van der Waals surface area contributed by atoms with Crippen molar-refractivity contribution in [3.8, 4) is 0 Å². The molecule has 0 aromatic rings. The molecule has 0 aliphatic heterocycles. The third-order valence-electron chi connectivity index (χ3n) is 2.44. The molecule has 0 bridgehead atoms. The van der Waals surface area contributed by atoms with Crippen LogP contribution in [0, 0.1) is 5.92 Å². The van der Waals surface area contributed by atoms with Gasteiger partial charge >= 0.3 is 0 Å². The second-order valence-corrected chi connectivity index (χ2v) is 5.28. The molecule has 0 spiro atoms. The van der Waals surface area contributed by atoms with E-state index in [0.29, 0.717) is 18.4 Å². The molecule has 0 aliphatic carbocycles. The van der Waals surface area contributed by atoms with E-state index in [9.17, 15) is 4.79 Å². The van der Waals surface area contributed by atoms with Gasteiger partial charge in [-0.05, 0) is 32.6 Å². The second kappa shape index (κ2) is 10.6. The van der Waals surface area contributed by atoms with Gasteiger partial charge in [-0.25, -0.2) is 0 Å². The normalized spacial score (nSPS) is 11.2. The van der Waals surface area contributed by atoms with Crippen LogP contribution in [-0.2, 0) is 9.53 Å². The van der Waals surface area contributed by atoms with Gasteiger partial charge in [0.2, 0.25) is 5.91 Å². The Morgan fingerprint density at radius 1 is 1.06 bits per heavy atom. The predicted octanol–water partition coefficient (Wildman–Crippen LogP) is 3.13. The fraction of sp³-hybridized carbons (Fsp3) is 0.929. The standard InChI is InChI=1S/C14H29NO2/c1-12(2)11-14(16)15-9-7-5-6-8-10-17-13(3)4/h12-13H,5-11H2,1-4H3,(H,15,16). The Bertz CT molecular complexity index is 191. The molecule has 0 atom stereocenters. The first-order valence-corrected chi connectivity index (χ1v) is 6.90. The number of rotatable bonds is 10. The Kier molecular flexibility index (Phi) is 10.2. The van der Waals surface area contributed by atoms with Gasteiger partial charge in [-0.2, -0.15) is 0 Å². The molecule has 3 heteroatoms. The lowest BCUT2D eigenvalue weighted by molar-refractivity contribution is -0.121. The zero-order valence-electron chi connectivity index (χ0n) is 11.9. The molecule has 0 unspecified atom stereocenters. The van der Waals surface area contributed by atoms with E-state index in [4.69, 9.17) is 4.74 Å². The van der Waals surface area contributed by atoms with Crippen molar-refractivity contribution in [2.24, 2.45) is 5.92 Å². The van der Waals surface area contributed by atoms with Crippen LogP contribution < -0.4 is 5.32 Å². The first kappa shape index (κ1) is 16.4. The van der Waals surface area contributed by atoms with Crippen molar-refractivity contribution in [2.75, 3.05) is 13.2 Å². The average molecular weight is 243 g/mol. The largest absolute Gasteiger partial charge is 0.379 e. The van der Waals surface area contributed by atoms with Crippen molar-refractivity contribution >= 4 is 5.91 Å². The van der Waals surface area contributed by atoms with Crippen molar-refractivity contribution in [1.82, 2.24) is 5.32 Å². The third-order valence-corrected chi connectivity index (χ3v) is 2.44.